The fourth-order valence-corrected chi connectivity index (χ4v) is 1.98. The third kappa shape index (κ3) is 3.41. The summed E-state index contributed by atoms with van der Waals surface area (Å²) in [6.07, 6.45) is 2.49. The quantitative estimate of drug-likeness (QED) is 0.784. The minimum absolute atomic E-state index is 0.133. The molecule has 1 heterocycles. The predicted molar refractivity (Wildman–Crippen MR) is 77.6 cm³/mol. The number of carbonyl (C=O) groups is 1. The summed E-state index contributed by atoms with van der Waals surface area (Å²) in [5, 5.41) is 0. The van der Waals surface area contributed by atoms with Crippen LogP contribution in [0.4, 0.5) is 10.1 Å². The van der Waals surface area contributed by atoms with Crippen molar-refractivity contribution >= 4 is 11.5 Å². The van der Waals surface area contributed by atoms with E-state index in [1.54, 1.807) is 18.3 Å². The number of likely N-dealkylation sites (N-methyl/N-ethyl adjacent to an activating group) is 1. The van der Waals surface area contributed by atoms with Gasteiger partial charge in [-0.2, -0.15) is 0 Å². The Bertz CT molecular complexity index is 599. The molecule has 104 valence electrons. The summed E-state index contributed by atoms with van der Waals surface area (Å²) in [5.74, 6) is -0.507. The Morgan fingerprint density at radius 3 is 2.70 bits per heavy atom. The molecule has 0 aliphatic heterocycles. The highest BCUT2D eigenvalue weighted by Crippen LogP contribution is 2.20. The topological polar surface area (TPSA) is 33.2 Å². The van der Waals surface area contributed by atoms with Crippen molar-refractivity contribution in [3.63, 3.8) is 0 Å². The van der Waals surface area contributed by atoms with Crippen LogP contribution in [0.3, 0.4) is 0 Å². The summed E-state index contributed by atoms with van der Waals surface area (Å²) in [6, 6.07) is 10.3. The molecule has 0 unspecified atom stereocenters. The first-order chi connectivity index (χ1) is 9.58. The summed E-state index contributed by atoms with van der Waals surface area (Å²) < 4.78 is 14.0. The molecule has 1 aromatic heterocycles. The smallest absolute Gasteiger partial charge is 0.159 e. The van der Waals surface area contributed by atoms with Crippen molar-refractivity contribution in [2.75, 3.05) is 18.5 Å². The van der Waals surface area contributed by atoms with Gasteiger partial charge in [0, 0.05) is 37.5 Å². The zero-order valence-corrected chi connectivity index (χ0v) is 11.6. The van der Waals surface area contributed by atoms with Crippen molar-refractivity contribution in [2.45, 2.75) is 13.3 Å². The van der Waals surface area contributed by atoms with Crippen LogP contribution in [-0.2, 0) is 6.42 Å². The van der Waals surface area contributed by atoms with Crippen LogP contribution in [0.15, 0.2) is 42.6 Å². The number of ketones is 1. The highest BCUT2D eigenvalue weighted by molar-refractivity contribution is 5.94. The van der Waals surface area contributed by atoms with Gasteiger partial charge < -0.3 is 4.90 Å². The number of nitrogens with zero attached hydrogens (tertiary/aromatic N) is 2. The Balaban J connectivity index is 2.06. The van der Waals surface area contributed by atoms with E-state index in [4.69, 9.17) is 0 Å². The van der Waals surface area contributed by atoms with Gasteiger partial charge in [0.05, 0.1) is 5.69 Å². The molecule has 0 amide bonds. The monoisotopic (exact) mass is 272 g/mol. The van der Waals surface area contributed by atoms with E-state index in [1.165, 1.54) is 13.0 Å². The molecule has 3 nitrogen and oxygen atoms in total. The van der Waals surface area contributed by atoms with Gasteiger partial charge in [-0.25, -0.2) is 4.39 Å². The molecule has 0 saturated carbocycles. The third-order valence-electron chi connectivity index (χ3n) is 3.19. The summed E-state index contributed by atoms with van der Waals surface area (Å²) in [7, 11) is 1.83. The molecule has 0 atom stereocenters. The fourth-order valence-electron chi connectivity index (χ4n) is 1.98. The lowest BCUT2D eigenvalue weighted by Gasteiger charge is -2.20. The number of rotatable bonds is 5. The Morgan fingerprint density at radius 2 is 2.10 bits per heavy atom. The standard InChI is InChI=1S/C16H17FN2O/c1-12(20)13-6-7-16(15(17)11-13)19(2)10-8-14-5-3-4-9-18-14/h3-7,9,11H,8,10H2,1-2H3. The summed E-state index contributed by atoms with van der Waals surface area (Å²) in [4.78, 5) is 17.3. The first kappa shape index (κ1) is 14.2. The lowest BCUT2D eigenvalue weighted by Crippen LogP contribution is -2.21. The highest BCUT2D eigenvalue weighted by atomic mass is 19.1. The van der Waals surface area contributed by atoms with Gasteiger partial charge in [0.25, 0.3) is 0 Å². The molecule has 20 heavy (non-hydrogen) atoms. The number of benzene rings is 1. The third-order valence-corrected chi connectivity index (χ3v) is 3.19. The van der Waals surface area contributed by atoms with Gasteiger partial charge in [-0.3, -0.25) is 9.78 Å². The van der Waals surface area contributed by atoms with Gasteiger partial charge in [0.15, 0.2) is 5.78 Å². The molecule has 0 saturated heterocycles. The number of Topliss-reactive ketones (excluding diaryl/α,β-unsaturated/α-hetero) is 1. The number of carbonyl (C=O) groups excluding carboxylic acids is 1. The first-order valence-electron chi connectivity index (χ1n) is 6.49. The van der Waals surface area contributed by atoms with E-state index in [-0.39, 0.29) is 11.6 Å². The van der Waals surface area contributed by atoms with Crippen LogP contribution in [0.25, 0.3) is 0 Å². The molecule has 0 fully saturated rings. The van der Waals surface area contributed by atoms with Crippen LogP contribution in [0.2, 0.25) is 0 Å². The molecule has 0 aliphatic rings. The van der Waals surface area contributed by atoms with Crippen molar-refractivity contribution < 1.29 is 9.18 Å². The second-order valence-electron chi connectivity index (χ2n) is 4.72. The molecular formula is C16H17FN2O. The van der Waals surface area contributed by atoms with E-state index in [2.05, 4.69) is 4.98 Å². The van der Waals surface area contributed by atoms with Gasteiger partial charge in [-0.05, 0) is 37.3 Å². The first-order valence-corrected chi connectivity index (χ1v) is 6.49. The second kappa shape index (κ2) is 6.28. The van der Waals surface area contributed by atoms with Crippen LogP contribution >= 0.6 is 0 Å². The van der Waals surface area contributed by atoms with Crippen LogP contribution in [0.5, 0.6) is 0 Å². The Morgan fingerprint density at radius 1 is 1.30 bits per heavy atom. The largest absolute Gasteiger partial charge is 0.372 e. The van der Waals surface area contributed by atoms with E-state index >= 15 is 0 Å². The number of hydrogen-bond donors (Lipinski definition) is 0. The van der Waals surface area contributed by atoms with E-state index in [0.29, 0.717) is 17.8 Å². The number of pyridine rings is 1. The van der Waals surface area contributed by atoms with Crippen molar-refractivity contribution in [3.05, 3.63) is 59.7 Å². The van der Waals surface area contributed by atoms with E-state index < -0.39 is 0 Å². The molecule has 0 N–H and O–H groups in total. The predicted octanol–water partition coefficient (Wildman–Crippen LogP) is 3.10. The second-order valence-corrected chi connectivity index (χ2v) is 4.72. The van der Waals surface area contributed by atoms with Gasteiger partial charge >= 0.3 is 0 Å². The van der Waals surface area contributed by atoms with Crippen molar-refractivity contribution in [1.29, 1.82) is 0 Å². The minimum atomic E-state index is -0.374. The SMILES string of the molecule is CC(=O)c1ccc(N(C)CCc2ccccn2)c(F)c1. The average molecular weight is 272 g/mol. The van der Waals surface area contributed by atoms with Crippen LogP contribution in [-0.4, -0.2) is 24.4 Å². The highest BCUT2D eigenvalue weighted by Gasteiger charge is 2.10. The van der Waals surface area contributed by atoms with Crippen LogP contribution in [0, 0.1) is 5.82 Å². The number of halogens is 1. The van der Waals surface area contributed by atoms with Gasteiger partial charge in [0.2, 0.25) is 0 Å². The van der Waals surface area contributed by atoms with E-state index in [1.807, 2.05) is 30.1 Å². The summed E-state index contributed by atoms with van der Waals surface area (Å²) in [5.41, 5.74) is 1.86. The van der Waals surface area contributed by atoms with Gasteiger partial charge in [-0.15, -0.1) is 0 Å². The summed E-state index contributed by atoms with van der Waals surface area (Å²) in [6.45, 7) is 2.09. The molecule has 0 radical (unpaired) electrons. The molecule has 2 rings (SSSR count). The molecule has 0 aliphatic carbocycles. The van der Waals surface area contributed by atoms with Crippen molar-refractivity contribution in [1.82, 2.24) is 4.98 Å². The maximum Gasteiger partial charge on any atom is 0.159 e. The van der Waals surface area contributed by atoms with Crippen molar-refractivity contribution in [2.24, 2.45) is 0 Å². The zero-order chi connectivity index (χ0) is 14.5. The molecular weight excluding hydrogens is 255 g/mol. The lowest BCUT2D eigenvalue weighted by atomic mass is 10.1. The normalized spacial score (nSPS) is 10.3. The van der Waals surface area contributed by atoms with Crippen LogP contribution < -0.4 is 4.90 Å². The average Bonchev–Trinajstić information content (AvgIpc) is 2.45. The number of anilines is 1. The maximum atomic E-state index is 14.0. The zero-order valence-electron chi connectivity index (χ0n) is 11.6. The van der Waals surface area contributed by atoms with Crippen molar-refractivity contribution in [3.8, 4) is 0 Å². The molecule has 1 aromatic carbocycles. The Labute approximate surface area is 118 Å². The molecule has 0 bridgehead atoms. The van der Waals surface area contributed by atoms with Gasteiger partial charge in [-0.1, -0.05) is 6.07 Å². The lowest BCUT2D eigenvalue weighted by molar-refractivity contribution is 0.101. The van der Waals surface area contributed by atoms with Crippen LogP contribution in [0.1, 0.15) is 23.0 Å². The van der Waals surface area contributed by atoms with E-state index in [0.717, 1.165) is 12.1 Å². The summed E-state index contributed by atoms with van der Waals surface area (Å²) >= 11 is 0. The molecule has 2 aromatic rings. The van der Waals surface area contributed by atoms with E-state index in [9.17, 15) is 9.18 Å². The maximum absolute atomic E-state index is 14.0. The Kier molecular flexibility index (Phi) is 4.45. The minimum Gasteiger partial charge on any atom is -0.372 e. The Hall–Kier alpha value is -2.23. The van der Waals surface area contributed by atoms with Gasteiger partial charge in [0.1, 0.15) is 5.82 Å². The molecule has 4 heteroatoms. The molecule has 0 spiro atoms. The number of aromatic nitrogens is 1. The number of hydrogen-bond acceptors (Lipinski definition) is 3. The fraction of sp³-hybridized carbons (Fsp3) is 0.250.